The summed E-state index contributed by atoms with van der Waals surface area (Å²) >= 11 is 0. The normalized spacial score (nSPS) is 25.8. The third-order valence-corrected chi connectivity index (χ3v) is 7.23. The van der Waals surface area contributed by atoms with Crippen LogP contribution < -0.4 is 5.56 Å². The highest BCUT2D eigenvalue weighted by Gasteiger charge is 2.48. The van der Waals surface area contributed by atoms with Gasteiger partial charge < -0.3 is 9.67 Å². The molecule has 2 aliphatic heterocycles. The smallest absolute Gasteiger partial charge is 0.266 e. The Labute approximate surface area is 187 Å². The van der Waals surface area contributed by atoms with Gasteiger partial charge in [0.1, 0.15) is 5.82 Å². The lowest BCUT2D eigenvalue weighted by molar-refractivity contribution is -0.0677. The molecule has 1 N–H and O–H groups in total. The van der Waals surface area contributed by atoms with Crippen LogP contribution in [0, 0.1) is 12.7 Å². The van der Waals surface area contributed by atoms with Crippen LogP contribution >= 0.6 is 0 Å². The van der Waals surface area contributed by atoms with Gasteiger partial charge in [0, 0.05) is 42.3 Å². The van der Waals surface area contributed by atoms with E-state index in [1.807, 2.05) is 13.0 Å². The standard InChI is InChI=1S/C25H31FN4O2/c1-16(2)28-13-18(22-8-5-19(26)10-23(22)28)14-29-20-6-7-21(29)12-25(32,11-20)15-30-24(31)9-4-17(3)27-30/h4-5,8-10,13,16,20-21,32H,6-7,11-12,14-15H2,1-3H3/t20-,21-/m0/s1. The van der Waals surface area contributed by atoms with E-state index in [-0.39, 0.29) is 36.0 Å². The van der Waals surface area contributed by atoms with Crippen molar-refractivity contribution in [3.05, 3.63) is 64.0 Å². The monoisotopic (exact) mass is 438 g/mol. The van der Waals surface area contributed by atoms with Crippen molar-refractivity contribution in [3.63, 3.8) is 0 Å². The molecule has 0 radical (unpaired) electrons. The van der Waals surface area contributed by atoms with Crippen LogP contribution in [-0.4, -0.2) is 42.0 Å². The molecule has 32 heavy (non-hydrogen) atoms. The molecule has 2 saturated heterocycles. The van der Waals surface area contributed by atoms with Crippen LogP contribution in [0.3, 0.4) is 0 Å². The number of aliphatic hydroxyl groups is 1. The molecular weight excluding hydrogens is 407 g/mol. The molecule has 7 heteroatoms. The Morgan fingerprint density at radius 3 is 2.59 bits per heavy atom. The number of aromatic nitrogens is 3. The summed E-state index contributed by atoms with van der Waals surface area (Å²) in [5, 5.41) is 16.8. The molecule has 5 rings (SSSR count). The second kappa shape index (κ2) is 7.81. The summed E-state index contributed by atoms with van der Waals surface area (Å²) in [5.41, 5.74) is 1.80. The highest BCUT2D eigenvalue weighted by Crippen LogP contribution is 2.43. The van der Waals surface area contributed by atoms with Crippen molar-refractivity contribution in [2.45, 2.75) is 83.3 Å². The Morgan fingerprint density at radius 2 is 1.91 bits per heavy atom. The zero-order valence-electron chi connectivity index (χ0n) is 19.0. The molecule has 3 aromatic rings. The lowest BCUT2D eigenvalue weighted by Gasteiger charge is -2.43. The summed E-state index contributed by atoms with van der Waals surface area (Å²) in [6.07, 6.45) is 5.50. The molecule has 2 aromatic heterocycles. The highest BCUT2D eigenvalue weighted by atomic mass is 19.1. The van der Waals surface area contributed by atoms with Crippen molar-refractivity contribution in [2.75, 3.05) is 0 Å². The Kier molecular flexibility index (Phi) is 5.21. The summed E-state index contributed by atoms with van der Waals surface area (Å²) in [7, 11) is 0. The molecule has 0 spiro atoms. The van der Waals surface area contributed by atoms with E-state index in [4.69, 9.17) is 0 Å². The predicted octanol–water partition coefficient (Wildman–Crippen LogP) is 3.78. The average molecular weight is 439 g/mol. The molecule has 2 bridgehead atoms. The average Bonchev–Trinajstić information content (AvgIpc) is 3.20. The molecule has 170 valence electrons. The summed E-state index contributed by atoms with van der Waals surface area (Å²) < 4.78 is 17.5. The van der Waals surface area contributed by atoms with Gasteiger partial charge in [0.15, 0.2) is 0 Å². The van der Waals surface area contributed by atoms with Crippen LogP contribution in [0.4, 0.5) is 4.39 Å². The van der Waals surface area contributed by atoms with E-state index in [9.17, 15) is 14.3 Å². The fraction of sp³-hybridized carbons (Fsp3) is 0.520. The van der Waals surface area contributed by atoms with Crippen molar-refractivity contribution in [1.29, 1.82) is 0 Å². The van der Waals surface area contributed by atoms with E-state index >= 15 is 0 Å². The highest BCUT2D eigenvalue weighted by molar-refractivity contribution is 5.84. The van der Waals surface area contributed by atoms with Gasteiger partial charge in [-0.2, -0.15) is 5.10 Å². The minimum atomic E-state index is -0.929. The Hall–Kier alpha value is -2.51. The van der Waals surface area contributed by atoms with Gasteiger partial charge in [-0.1, -0.05) is 0 Å². The van der Waals surface area contributed by atoms with E-state index in [0.29, 0.717) is 12.8 Å². The predicted molar refractivity (Wildman–Crippen MR) is 122 cm³/mol. The molecule has 4 heterocycles. The zero-order valence-corrected chi connectivity index (χ0v) is 19.0. The molecule has 0 unspecified atom stereocenters. The van der Waals surface area contributed by atoms with Crippen LogP contribution in [0.1, 0.15) is 56.8 Å². The van der Waals surface area contributed by atoms with E-state index in [1.54, 1.807) is 12.1 Å². The Morgan fingerprint density at radius 1 is 1.19 bits per heavy atom. The molecular formula is C25H31FN4O2. The first-order chi connectivity index (χ1) is 15.2. The summed E-state index contributed by atoms with van der Waals surface area (Å²) in [4.78, 5) is 14.7. The Balaban J connectivity index is 1.39. The van der Waals surface area contributed by atoms with Gasteiger partial charge in [-0.05, 0) is 76.3 Å². The van der Waals surface area contributed by atoms with Crippen molar-refractivity contribution in [2.24, 2.45) is 0 Å². The zero-order chi connectivity index (χ0) is 22.6. The lowest BCUT2D eigenvalue weighted by atomic mass is 9.85. The summed E-state index contributed by atoms with van der Waals surface area (Å²) in [5.74, 6) is -0.216. The maximum Gasteiger partial charge on any atom is 0.266 e. The molecule has 2 atom stereocenters. The van der Waals surface area contributed by atoms with Gasteiger partial charge in [-0.15, -0.1) is 0 Å². The first-order valence-corrected chi connectivity index (χ1v) is 11.5. The fourth-order valence-corrected chi connectivity index (χ4v) is 5.79. The van der Waals surface area contributed by atoms with E-state index in [0.717, 1.165) is 36.0 Å². The quantitative estimate of drug-likeness (QED) is 0.659. The number of halogens is 1. The second-order valence-corrected chi connectivity index (χ2v) is 9.98. The first-order valence-electron chi connectivity index (χ1n) is 11.5. The molecule has 2 aliphatic rings. The van der Waals surface area contributed by atoms with Crippen LogP contribution in [0.5, 0.6) is 0 Å². The van der Waals surface area contributed by atoms with Gasteiger partial charge in [0.05, 0.1) is 23.4 Å². The number of nitrogens with zero attached hydrogens (tertiary/aromatic N) is 4. The molecule has 2 fully saturated rings. The fourth-order valence-electron chi connectivity index (χ4n) is 5.79. The number of piperidine rings is 1. The van der Waals surface area contributed by atoms with Crippen LogP contribution in [-0.2, 0) is 13.1 Å². The van der Waals surface area contributed by atoms with E-state index in [2.05, 4.69) is 34.6 Å². The van der Waals surface area contributed by atoms with Crippen LogP contribution in [0.2, 0.25) is 0 Å². The third kappa shape index (κ3) is 3.77. The van der Waals surface area contributed by atoms with Crippen molar-refractivity contribution < 1.29 is 9.50 Å². The van der Waals surface area contributed by atoms with Crippen LogP contribution in [0.15, 0.2) is 41.3 Å². The molecule has 0 aliphatic carbocycles. The molecule has 0 amide bonds. The third-order valence-electron chi connectivity index (χ3n) is 7.23. The van der Waals surface area contributed by atoms with Gasteiger partial charge in [0.25, 0.3) is 5.56 Å². The Bertz CT molecular complexity index is 1200. The maximum atomic E-state index is 13.9. The number of aryl methyl sites for hydroxylation is 1. The van der Waals surface area contributed by atoms with Gasteiger partial charge >= 0.3 is 0 Å². The lowest BCUT2D eigenvalue weighted by Crippen LogP contribution is -2.53. The van der Waals surface area contributed by atoms with Crippen molar-refractivity contribution in [3.8, 4) is 0 Å². The topological polar surface area (TPSA) is 63.3 Å². The SMILES string of the molecule is Cc1ccc(=O)n(CC2(O)C[C@@H]3CC[C@@H](C2)N3Cc2cn(C(C)C)c3cc(F)ccc23)n1. The number of rotatable bonds is 5. The maximum absolute atomic E-state index is 13.9. The second-order valence-electron chi connectivity index (χ2n) is 9.98. The minimum absolute atomic E-state index is 0.174. The number of fused-ring (bicyclic) bond motifs is 3. The van der Waals surface area contributed by atoms with Gasteiger partial charge in [0.2, 0.25) is 0 Å². The summed E-state index contributed by atoms with van der Waals surface area (Å²) in [6.45, 7) is 7.10. The number of hydrogen-bond acceptors (Lipinski definition) is 4. The largest absolute Gasteiger partial charge is 0.388 e. The van der Waals surface area contributed by atoms with Crippen LogP contribution in [0.25, 0.3) is 10.9 Å². The minimum Gasteiger partial charge on any atom is -0.388 e. The van der Waals surface area contributed by atoms with Gasteiger partial charge in [-0.25, -0.2) is 9.07 Å². The molecule has 6 nitrogen and oxygen atoms in total. The van der Waals surface area contributed by atoms with E-state index in [1.165, 1.54) is 22.4 Å². The first kappa shape index (κ1) is 21.3. The summed E-state index contributed by atoms with van der Waals surface area (Å²) in [6, 6.07) is 9.03. The van der Waals surface area contributed by atoms with E-state index < -0.39 is 5.60 Å². The van der Waals surface area contributed by atoms with Crippen molar-refractivity contribution in [1.82, 2.24) is 19.2 Å². The molecule has 0 saturated carbocycles. The van der Waals surface area contributed by atoms with Crippen molar-refractivity contribution >= 4 is 10.9 Å². The van der Waals surface area contributed by atoms with Gasteiger partial charge in [-0.3, -0.25) is 9.69 Å². The number of benzene rings is 1. The number of hydrogen-bond donors (Lipinski definition) is 1. The molecule has 1 aromatic carbocycles.